The number of likely N-dealkylation sites (tertiary alicyclic amines) is 1. The normalized spacial score (nSPS) is 18.7. The third kappa shape index (κ3) is 7.25. The smallest absolute Gasteiger partial charge is 0.410 e. The number of nitrogens with zero attached hydrogens (tertiary/aromatic N) is 2. The molecular weight excluding hydrogens is 624 g/mol. The predicted octanol–water partition coefficient (Wildman–Crippen LogP) is 6.33. The second kappa shape index (κ2) is 13.3. The van der Waals surface area contributed by atoms with Gasteiger partial charge in [0.2, 0.25) is 5.91 Å². The van der Waals surface area contributed by atoms with Crippen molar-refractivity contribution in [3.05, 3.63) is 75.4 Å². The number of hydrogen-bond donors (Lipinski definition) is 1. The molecular formula is C32H34BrF2N3O5. The molecule has 2 heterocycles. The van der Waals surface area contributed by atoms with Gasteiger partial charge in [-0.2, -0.15) is 0 Å². The van der Waals surface area contributed by atoms with Crippen molar-refractivity contribution < 1.29 is 32.4 Å². The third-order valence-corrected chi connectivity index (χ3v) is 7.98. The Morgan fingerprint density at radius 2 is 1.98 bits per heavy atom. The van der Waals surface area contributed by atoms with Gasteiger partial charge < -0.3 is 24.2 Å². The molecule has 1 fully saturated rings. The second-order valence-electron chi connectivity index (χ2n) is 11.3. The van der Waals surface area contributed by atoms with Crippen molar-refractivity contribution in [2.75, 3.05) is 26.2 Å². The summed E-state index contributed by atoms with van der Waals surface area (Å²) < 4.78 is 47.0. The van der Waals surface area contributed by atoms with Crippen LogP contribution in [-0.4, -0.2) is 53.9 Å². The molecule has 8 nitrogen and oxygen atoms in total. The van der Waals surface area contributed by atoms with E-state index in [1.54, 1.807) is 20.8 Å². The first-order valence-electron chi connectivity index (χ1n) is 13.8. The average Bonchev–Trinajstić information content (AvgIpc) is 3.33. The van der Waals surface area contributed by atoms with E-state index < -0.39 is 34.8 Å². The van der Waals surface area contributed by atoms with E-state index in [2.05, 4.69) is 32.3 Å². The van der Waals surface area contributed by atoms with Gasteiger partial charge in [0.15, 0.2) is 17.4 Å². The molecule has 1 N–H and O–H groups in total. The van der Waals surface area contributed by atoms with Gasteiger partial charge >= 0.3 is 6.09 Å². The molecule has 2 atom stereocenters. The van der Waals surface area contributed by atoms with E-state index >= 15 is 0 Å². The first kappa shape index (κ1) is 32.2. The van der Waals surface area contributed by atoms with Crippen molar-refractivity contribution >= 4 is 27.9 Å². The minimum atomic E-state index is -1.29. The van der Waals surface area contributed by atoms with Gasteiger partial charge in [0, 0.05) is 32.1 Å². The monoisotopic (exact) mass is 657 g/mol. The predicted molar refractivity (Wildman–Crippen MR) is 160 cm³/mol. The zero-order chi connectivity index (χ0) is 31.4. The summed E-state index contributed by atoms with van der Waals surface area (Å²) in [7, 11) is 0. The highest BCUT2D eigenvalue weighted by Gasteiger charge is 2.50. The minimum absolute atomic E-state index is 0.0627. The summed E-state index contributed by atoms with van der Waals surface area (Å²) in [5, 5.41) is 7.23. The van der Waals surface area contributed by atoms with Gasteiger partial charge in [-0.15, -0.1) is 6.42 Å². The van der Waals surface area contributed by atoms with Crippen molar-refractivity contribution in [1.29, 1.82) is 0 Å². The second-order valence-corrected chi connectivity index (χ2v) is 12.1. The molecule has 1 aliphatic heterocycles. The molecule has 0 saturated carbocycles. The van der Waals surface area contributed by atoms with Gasteiger partial charge in [-0.3, -0.25) is 4.79 Å². The summed E-state index contributed by atoms with van der Waals surface area (Å²) in [6.45, 7) is 7.34. The van der Waals surface area contributed by atoms with Crippen molar-refractivity contribution in [2.45, 2.75) is 57.7 Å². The fourth-order valence-electron chi connectivity index (χ4n) is 5.27. The van der Waals surface area contributed by atoms with Crippen LogP contribution in [0.15, 0.2) is 51.5 Å². The van der Waals surface area contributed by atoms with Crippen molar-refractivity contribution in [3.8, 4) is 23.7 Å². The van der Waals surface area contributed by atoms with Crippen LogP contribution in [-0.2, 0) is 26.3 Å². The number of ether oxygens (including phenoxy) is 2. The van der Waals surface area contributed by atoms with Crippen LogP contribution in [0, 0.1) is 24.0 Å². The Hall–Kier alpha value is -3.75. The quantitative estimate of drug-likeness (QED) is 0.285. The Morgan fingerprint density at radius 3 is 2.65 bits per heavy atom. The van der Waals surface area contributed by atoms with Gasteiger partial charge in [0.05, 0.1) is 10.4 Å². The van der Waals surface area contributed by atoms with Crippen molar-refractivity contribution in [1.82, 2.24) is 15.4 Å². The molecule has 2 amide bonds. The molecule has 2 aromatic carbocycles. The fraction of sp³-hybridized carbons (Fsp3) is 0.406. The number of aromatic nitrogens is 1. The zero-order valence-electron chi connectivity index (χ0n) is 24.5. The molecule has 43 heavy (non-hydrogen) atoms. The molecule has 0 spiro atoms. The Labute approximate surface area is 258 Å². The summed E-state index contributed by atoms with van der Waals surface area (Å²) >= 11 is 3.68. The number of halogens is 3. The number of benzene rings is 2. The van der Waals surface area contributed by atoms with E-state index in [-0.39, 0.29) is 32.0 Å². The number of carbonyl (C=O) groups is 2. The molecule has 4 rings (SSSR count). The Kier molecular flexibility index (Phi) is 9.93. The van der Waals surface area contributed by atoms with E-state index in [4.69, 9.17) is 20.4 Å². The summed E-state index contributed by atoms with van der Waals surface area (Å²) in [5.74, 6) is -0.000507. The van der Waals surface area contributed by atoms with Crippen LogP contribution in [0.3, 0.4) is 0 Å². The van der Waals surface area contributed by atoms with Crippen LogP contribution < -0.4 is 5.32 Å². The van der Waals surface area contributed by atoms with Crippen LogP contribution in [0.4, 0.5) is 13.6 Å². The molecule has 3 aromatic rings. The highest BCUT2D eigenvalue weighted by Crippen LogP contribution is 2.50. The van der Waals surface area contributed by atoms with Crippen LogP contribution in [0.5, 0.6) is 0 Å². The maximum Gasteiger partial charge on any atom is 0.410 e. The van der Waals surface area contributed by atoms with Gasteiger partial charge in [-0.25, -0.2) is 13.6 Å². The Morgan fingerprint density at radius 1 is 1.23 bits per heavy atom. The zero-order valence-corrected chi connectivity index (χ0v) is 26.1. The Balaban J connectivity index is 1.82. The lowest BCUT2D eigenvalue weighted by Gasteiger charge is -2.47. The molecule has 0 radical (unpaired) electrons. The number of amides is 2. The maximum absolute atomic E-state index is 14.6. The lowest BCUT2D eigenvalue weighted by Crippen LogP contribution is -2.53. The standard InChI is InChI=1S/C32H34BrF2N3O5/c1-6-17-41-32(22-11-12-25(34)26(35)18-22)14-16-38(30(40)42-31(3,4)5)19-24(32)28-27(33)29(43-37-28)23-10-8-7-9-21(23)13-15-36-20(2)39/h1,7-12,18,24H,13-17,19H2,2-5H3,(H,36,39)/t24-,32+/m1/s1. The number of nitrogens with one attached hydrogen (secondary N) is 1. The summed E-state index contributed by atoms with van der Waals surface area (Å²) in [5.41, 5.74) is 0.393. The van der Waals surface area contributed by atoms with Gasteiger partial charge in [-0.1, -0.05) is 41.4 Å². The van der Waals surface area contributed by atoms with E-state index in [1.165, 1.54) is 17.9 Å². The SMILES string of the molecule is C#CCO[C@]1(c2ccc(F)c(F)c2)CCN(C(=O)OC(C)(C)C)C[C@@H]1c1noc(-c2ccccc2CCNC(C)=O)c1Br. The molecule has 11 heteroatoms. The fourth-order valence-corrected chi connectivity index (χ4v) is 5.91. The highest BCUT2D eigenvalue weighted by molar-refractivity contribution is 9.10. The lowest BCUT2D eigenvalue weighted by molar-refractivity contribution is -0.118. The first-order chi connectivity index (χ1) is 20.4. The van der Waals surface area contributed by atoms with Gasteiger partial charge in [0.1, 0.15) is 23.5 Å². The van der Waals surface area contributed by atoms with E-state index in [0.717, 1.165) is 23.3 Å². The van der Waals surface area contributed by atoms with Crippen LogP contribution >= 0.6 is 15.9 Å². The molecule has 1 saturated heterocycles. The lowest BCUT2D eigenvalue weighted by atomic mass is 9.74. The summed E-state index contributed by atoms with van der Waals surface area (Å²) in [6, 6.07) is 11.1. The van der Waals surface area contributed by atoms with Gasteiger partial charge in [0.25, 0.3) is 0 Å². The third-order valence-electron chi connectivity index (χ3n) is 7.21. The average molecular weight is 659 g/mol. The Bertz CT molecular complexity index is 1530. The molecule has 1 aliphatic rings. The van der Waals surface area contributed by atoms with E-state index in [9.17, 15) is 18.4 Å². The van der Waals surface area contributed by atoms with Crippen LogP contribution in [0.1, 0.15) is 56.9 Å². The molecule has 0 bridgehead atoms. The molecule has 0 unspecified atom stereocenters. The van der Waals surface area contributed by atoms with Gasteiger partial charge in [-0.05, 0) is 72.8 Å². The number of carbonyl (C=O) groups excluding carboxylic acids is 2. The largest absolute Gasteiger partial charge is 0.444 e. The first-order valence-corrected chi connectivity index (χ1v) is 14.6. The number of rotatable bonds is 8. The number of terminal acetylenes is 1. The topological polar surface area (TPSA) is 93.9 Å². The van der Waals surface area contributed by atoms with Crippen LogP contribution in [0.2, 0.25) is 0 Å². The molecule has 228 valence electrons. The minimum Gasteiger partial charge on any atom is -0.444 e. The number of piperidine rings is 1. The molecule has 0 aliphatic carbocycles. The summed E-state index contributed by atoms with van der Waals surface area (Å²) in [4.78, 5) is 26.1. The summed E-state index contributed by atoms with van der Waals surface area (Å²) in [6.07, 6.45) is 5.78. The number of hydrogen-bond acceptors (Lipinski definition) is 6. The van der Waals surface area contributed by atoms with Crippen molar-refractivity contribution in [3.63, 3.8) is 0 Å². The highest BCUT2D eigenvalue weighted by atomic mass is 79.9. The molecule has 1 aromatic heterocycles. The van der Waals surface area contributed by atoms with E-state index in [1.807, 2.05) is 24.3 Å². The van der Waals surface area contributed by atoms with E-state index in [0.29, 0.717) is 34.5 Å². The van der Waals surface area contributed by atoms with Crippen molar-refractivity contribution in [2.24, 2.45) is 0 Å². The maximum atomic E-state index is 14.6. The van der Waals surface area contributed by atoms with Crippen LogP contribution in [0.25, 0.3) is 11.3 Å².